The van der Waals surface area contributed by atoms with E-state index in [-0.39, 0.29) is 0 Å². The van der Waals surface area contributed by atoms with Crippen molar-refractivity contribution in [3.05, 3.63) is 12.3 Å². The first-order valence-electron chi connectivity index (χ1n) is 4.52. The molecule has 0 aromatic carbocycles. The lowest BCUT2D eigenvalue weighted by molar-refractivity contribution is -0.117. The molecule has 0 fully saturated rings. The van der Waals surface area contributed by atoms with E-state index < -0.39 is 11.2 Å². The molecule has 3 nitrogen and oxygen atoms in total. The van der Waals surface area contributed by atoms with E-state index in [1.807, 2.05) is 6.92 Å². The van der Waals surface area contributed by atoms with E-state index >= 15 is 0 Å². The number of aliphatic hydroxyl groups is 2. The van der Waals surface area contributed by atoms with Gasteiger partial charge in [0.25, 0.3) is 0 Å². The van der Waals surface area contributed by atoms with Crippen molar-refractivity contribution in [1.29, 1.82) is 0 Å². The van der Waals surface area contributed by atoms with E-state index in [1.54, 1.807) is 33.1 Å². The second-order valence-corrected chi connectivity index (χ2v) is 3.86. The zero-order valence-corrected chi connectivity index (χ0v) is 8.87. The Morgan fingerprint density at radius 1 is 1.23 bits per heavy atom. The minimum Gasteiger partial charge on any atom is -0.502 e. The average Bonchev–Trinajstić information content (AvgIpc) is 1.96. The fourth-order valence-corrected chi connectivity index (χ4v) is 0.692. The Labute approximate surface area is 80.0 Å². The molecule has 0 aromatic heterocycles. The monoisotopic (exact) mass is 188 g/mol. The van der Waals surface area contributed by atoms with Gasteiger partial charge in [0.05, 0.1) is 24.1 Å². The van der Waals surface area contributed by atoms with E-state index in [2.05, 4.69) is 0 Å². The number of rotatable bonds is 5. The molecule has 78 valence electrons. The molecule has 0 spiro atoms. The molecule has 0 bridgehead atoms. The molecular weight excluding hydrogens is 168 g/mol. The molecule has 0 saturated heterocycles. The lowest BCUT2D eigenvalue weighted by Gasteiger charge is -2.34. The van der Waals surface area contributed by atoms with Gasteiger partial charge in [0.2, 0.25) is 0 Å². The van der Waals surface area contributed by atoms with Crippen LogP contribution < -0.4 is 0 Å². The van der Waals surface area contributed by atoms with Crippen LogP contribution in [0.1, 0.15) is 34.1 Å². The van der Waals surface area contributed by atoms with Crippen molar-refractivity contribution in [3.63, 3.8) is 0 Å². The summed E-state index contributed by atoms with van der Waals surface area (Å²) in [5, 5.41) is 19.4. The Morgan fingerprint density at radius 2 is 1.77 bits per heavy atom. The summed E-state index contributed by atoms with van der Waals surface area (Å²) in [5.74, 6) is 0. The summed E-state index contributed by atoms with van der Waals surface area (Å²) in [7, 11) is 0. The smallest absolute Gasteiger partial charge is 0.0935 e. The van der Waals surface area contributed by atoms with Gasteiger partial charge in [0.1, 0.15) is 0 Å². The lowest BCUT2D eigenvalue weighted by atomic mass is 9.85. The third kappa shape index (κ3) is 4.29. The average molecular weight is 188 g/mol. The van der Waals surface area contributed by atoms with Crippen molar-refractivity contribution < 1.29 is 14.9 Å². The van der Waals surface area contributed by atoms with Gasteiger partial charge in [-0.25, -0.2) is 0 Å². The predicted molar refractivity (Wildman–Crippen MR) is 52.3 cm³/mol. The van der Waals surface area contributed by atoms with Gasteiger partial charge in [-0.05, 0) is 40.2 Å². The van der Waals surface area contributed by atoms with Gasteiger partial charge in [-0.2, -0.15) is 0 Å². The van der Waals surface area contributed by atoms with Crippen LogP contribution in [0.25, 0.3) is 0 Å². The first-order valence-corrected chi connectivity index (χ1v) is 4.52. The van der Waals surface area contributed by atoms with Gasteiger partial charge in [-0.3, -0.25) is 0 Å². The summed E-state index contributed by atoms with van der Waals surface area (Å²) in [4.78, 5) is 0. The van der Waals surface area contributed by atoms with Crippen LogP contribution in [0.5, 0.6) is 0 Å². The molecule has 0 saturated carbocycles. The normalized spacial score (nSPS) is 17.4. The van der Waals surface area contributed by atoms with Gasteiger partial charge >= 0.3 is 0 Å². The molecule has 0 amide bonds. The summed E-state index contributed by atoms with van der Waals surface area (Å²) >= 11 is 0. The van der Waals surface area contributed by atoms with Gasteiger partial charge in [0, 0.05) is 0 Å². The summed E-state index contributed by atoms with van der Waals surface area (Å²) in [6.45, 7) is 7.27. The van der Waals surface area contributed by atoms with Crippen LogP contribution in [0, 0.1) is 0 Å². The van der Waals surface area contributed by atoms with Crippen LogP contribution in [-0.2, 0) is 4.74 Å². The fourth-order valence-electron chi connectivity index (χ4n) is 0.692. The second-order valence-electron chi connectivity index (χ2n) is 3.86. The van der Waals surface area contributed by atoms with Crippen LogP contribution in [0.4, 0.5) is 0 Å². The lowest BCUT2D eigenvalue weighted by Crippen LogP contribution is -2.47. The van der Waals surface area contributed by atoms with E-state index in [4.69, 9.17) is 4.74 Å². The summed E-state index contributed by atoms with van der Waals surface area (Å²) in [6, 6.07) is 0. The highest BCUT2D eigenvalue weighted by Gasteiger charge is 2.36. The van der Waals surface area contributed by atoms with Crippen molar-refractivity contribution in [3.8, 4) is 0 Å². The largest absolute Gasteiger partial charge is 0.502 e. The molecule has 13 heavy (non-hydrogen) atoms. The third-order valence-corrected chi connectivity index (χ3v) is 2.19. The maximum atomic E-state index is 9.79. The summed E-state index contributed by atoms with van der Waals surface area (Å²) in [5.41, 5.74) is -2.23. The molecule has 0 aliphatic rings. The summed E-state index contributed by atoms with van der Waals surface area (Å²) in [6.07, 6.45) is 3.62. The van der Waals surface area contributed by atoms with Gasteiger partial charge in [0.15, 0.2) is 0 Å². The molecule has 0 radical (unpaired) electrons. The molecule has 0 aliphatic heterocycles. The highest BCUT2D eigenvalue weighted by molar-refractivity contribution is 4.95. The van der Waals surface area contributed by atoms with Crippen LogP contribution >= 0.6 is 0 Å². The maximum Gasteiger partial charge on any atom is 0.0935 e. The van der Waals surface area contributed by atoms with Crippen LogP contribution in [0.15, 0.2) is 12.3 Å². The quantitative estimate of drug-likeness (QED) is 0.642. The Balaban J connectivity index is 4.04. The van der Waals surface area contributed by atoms with Crippen molar-refractivity contribution in [2.24, 2.45) is 0 Å². The van der Waals surface area contributed by atoms with Crippen molar-refractivity contribution >= 4 is 0 Å². The van der Waals surface area contributed by atoms with Crippen molar-refractivity contribution in [1.82, 2.24) is 0 Å². The molecule has 0 aliphatic carbocycles. The highest BCUT2D eigenvalue weighted by Crippen LogP contribution is 2.24. The van der Waals surface area contributed by atoms with Crippen molar-refractivity contribution in [2.45, 2.75) is 45.3 Å². The second kappa shape index (κ2) is 4.63. The Bertz CT molecular complexity index is 165. The van der Waals surface area contributed by atoms with E-state index in [0.717, 1.165) is 0 Å². The predicted octanol–water partition coefficient (Wildman–Crippen LogP) is 1.45. The molecule has 3 heteroatoms. The molecule has 0 rings (SSSR count). The van der Waals surface area contributed by atoms with Crippen LogP contribution in [0.3, 0.4) is 0 Å². The third-order valence-electron chi connectivity index (χ3n) is 2.19. The standard InChI is InChI=1S/C10H20O3/c1-5-13-8-6-7-10(4,12)9(2,3)11/h6,8,11-12H,5,7H2,1-4H3/b8-6+. The number of hydrogen-bond acceptors (Lipinski definition) is 3. The van der Waals surface area contributed by atoms with Gasteiger partial charge < -0.3 is 14.9 Å². The number of hydrogen-bond donors (Lipinski definition) is 2. The Kier molecular flexibility index (Phi) is 4.44. The van der Waals surface area contributed by atoms with Gasteiger partial charge in [-0.1, -0.05) is 0 Å². The Morgan fingerprint density at radius 3 is 2.15 bits per heavy atom. The molecule has 0 heterocycles. The Hall–Kier alpha value is -0.540. The van der Waals surface area contributed by atoms with E-state index in [0.29, 0.717) is 13.0 Å². The highest BCUT2D eigenvalue weighted by atomic mass is 16.5. The minimum absolute atomic E-state index is 0.372. The number of ether oxygens (including phenoxy) is 1. The van der Waals surface area contributed by atoms with E-state index in [1.165, 1.54) is 0 Å². The molecule has 2 N–H and O–H groups in total. The SMILES string of the molecule is CCO/C=C/CC(C)(O)C(C)(C)O. The van der Waals surface area contributed by atoms with Crippen molar-refractivity contribution in [2.75, 3.05) is 6.61 Å². The molecule has 0 aromatic rings. The molecular formula is C10H20O3. The zero-order chi connectivity index (χ0) is 10.5. The fraction of sp³-hybridized carbons (Fsp3) is 0.800. The zero-order valence-electron chi connectivity index (χ0n) is 8.87. The van der Waals surface area contributed by atoms with E-state index in [9.17, 15) is 10.2 Å². The molecule has 1 atom stereocenters. The molecule has 1 unspecified atom stereocenters. The van der Waals surface area contributed by atoms with Gasteiger partial charge in [-0.15, -0.1) is 0 Å². The maximum absolute atomic E-state index is 9.79. The minimum atomic E-state index is -1.12. The van der Waals surface area contributed by atoms with Crippen LogP contribution in [0.2, 0.25) is 0 Å². The first-order chi connectivity index (χ1) is 5.81. The topological polar surface area (TPSA) is 49.7 Å². The summed E-state index contributed by atoms with van der Waals surface area (Å²) < 4.78 is 4.97. The van der Waals surface area contributed by atoms with Crippen LogP contribution in [-0.4, -0.2) is 28.0 Å². The first kappa shape index (κ1) is 12.5.